The highest BCUT2D eigenvalue weighted by Crippen LogP contribution is 2.60. The van der Waals surface area contributed by atoms with Crippen molar-refractivity contribution in [3.05, 3.63) is 23.5 Å². The first kappa shape index (κ1) is 15.3. The highest BCUT2D eigenvalue weighted by atomic mass is 32.1. The molecule has 7 nitrogen and oxygen atoms in total. The molecule has 0 spiro atoms. The minimum atomic E-state index is 0.223. The highest BCUT2D eigenvalue weighted by Gasteiger charge is 2.64. The van der Waals surface area contributed by atoms with Crippen molar-refractivity contribution in [1.82, 2.24) is 25.3 Å². The van der Waals surface area contributed by atoms with Crippen LogP contribution in [0.5, 0.6) is 0 Å². The number of nitrogens with zero attached hydrogens (tertiary/aromatic N) is 5. The molecule has 2 atom stereocenters. The molecule has 2 aromatic heterocycles. The van der Waals surface area contributed by atoms with Gasteiger partial charge >= 0.3 is 0 Å². The van der Waals surface area contributed by atoms with E-state index < -0.39 is 0 Å². The van der Waals surface area contributed by atoms with Crippen molar-refractivity contribution in [2.45, 2.75) is 32.1 Å². The van der Waals surface area contributed by atoms with Crippen molar-refractivity contribution in [3.8, 4) is 0 Å². The molecule has 1 amide bonds. The summed E-state index contributed by atoms with van der Waals surface area (Å²) in [4.78, 5) is 17.4. The van der Waals surface area contributed by atoms with E-state index in [-0.39, 0.29) is 16.7 Å². The van der Waals surface area contributed by atoms with Gasteiger partial charge in [-0.1, -0.05) is 24.2 Å². The minimum Gasteiger partial charge on any atom is -0.345 e. The third-order valence-corrected chi connectivity index (χ3v) is 7.28. The Morgan fingerprint density at radius 1 is 1.20 bits per heavy atom. The maximum absolute atomic E-state index is 12.8. The first-order valence-corrected chi connectivity index (χ1v) is 9.85. The lowest BCUT2D eigenvalue weighted by molar-refractivity contribution is -0.130. The summed E-state index contributed by atoms with van der Waals surface area (Å²) in [5.41, 5.74) is 3.15. The fraction of sp³-hybridized carbons (Fsp3) is 0.647. The van der Waals surface area contributed by atoms with Gasteiger partial charge in [-0.3, -0.25) is 9.89 Å². The number of anilines is 1. The van der Waals surface area contributed by atoms with E-state index in [1.54, 1.807) is 17.5 Å². The Labute approximate surface area is 150 Å². The number of carbonyl (C=O) groups is 1. The predicted octanol–water partition coefficient (Wildman–Crippen LogP) is 1.71. The van der Waals surface area contributed by atoms with Gasteiger partial charge in [-0.15, -0.1) is 10.2 Å². The Morgan fingerprint density at radius 2 is 1.96 bits per heavy atom. The summed E-state index contributed by atoms with van der Waals surface area (Å²) in [6, 6.07) is 1.88. The van der Waals surface area contributed by atoms with Crippen molar-refractivity contribution in [1.29, 1.82) is 0 Å². The van der Waals surface area contributed by atoms with Gasteiger partial charge < -0.3 is 9.80 Å². The fourth-order valence-corrected chi connectivity index (χ4v) is 5.95. The number of nitrogens with one attached hydrogen (secondary N) is 1. The topological polar surface area (TPSA) is 78.0 Å². The quantitative estimate of drug-likeness (QED) is 0.904. The van der Waals surface area contributed by atoms with Gasteiger partial charge in [0.25, 0.3) is 0 Å². The van der Waals surface area contributed by atoms with Crippen molar-refractivity contribution < 1.29 is 4.79 Å². The number of aromatic nitrogens is 4. The van der Waals surface area contributed by atoms with Crippen LogP contribution >= 0.6 is 11.3 Å². The van der Waals surface area contributed by atoms with Crippen LogP contribution in [0.3, 0.4) is 0 Å². The van der Waals surface area contributed by atoms with Gasteiger partial charge in [-0.2, -0.15) is 5.10 Å². The first-order chi connectivity index (χ1) is 12.2. The summed E-state index contributed by atoms with van der Waals surface area (Å²) in [7, 11) is 0. The number of H-pyrrole nitrogens is 1. The molecule has 2 aliphatic heterocycles. The third-order valence-electron chi connectivity index (χ3n) is 6.53. The van der Waals surface area contributed by atoms with Crippen molar-refractivity contribution in [2.24, 2.45) is 10.8 Å². The number of likely N-dealkylation sites (tertiary alicyclic amines) is 1. The van der Waals surface area contributed by atoms with Crippen LogP contribution in [0.4, 0.5) is 5.13 Å². The highest BCUT2D eigenvalue weighted by molar-refractivity contribution is 7.13. The molecule has 25 heavy (non-hydrogen) atoms. The van der Waals surface area contributed by atoms with Crippen LogP contribution in [-0.4, -0.2) is 57.4 Å². The molecule has 3 fully saturated rings. The number of hydrogen-bond acceptors (Lipinski definition) is 6. The van der Waals surface area contributed by atoms with Crippen LogP contribution in [0.1, 0.15) is 31.4 Å². The number of amides is 1. The zero-order valence-corrected chi connectivity index (χ0v) is 15.0. The second kappa shape index (κ2) is 5.52. The molecule has 0 aromatic carbocycles. The largest absolute Gasteiger partial charge is 0.345 e. The number of aromatic amines is 1. The van der Waals surface area contributed by atoms with Gasteiger partial charge in [0.05, 0.1) is 6.42 Å². The maximum atomic E-state index is 12.8. The second-order valence-corrected chi connectivity index (χ2v) is 8.67. The Bertz CT molecular complexity index is 738. The molecule has 2 aromatic rings. The molecule has 2 saturated heterocycles. The maximum Gasteiger partial charge on any atom is 0.228 e. The standard InChI is InChI=1S/C17H22N6OS/c24-14(7-13-3-6-18-20-13)22-8-16-4-1-2-5-17(16,9-22)11-23(10-16)15-21-19-12-25-15/h3,6,12H,1-2,4-5,7-11H2,(H,18,20). The van der Waals surface area contributed by atoms with Crippen LogP contribution in [0.25, 0.3) is 0 Å². The van der Waals surface area contributed by atoms with Gasteiger partial charge in [0.15, 0.2) is 0 Å². The zero-order valence-electron chi connectivity index (χ0n) is 14.1. The van der Waals surface area contributed by atoms with Crippen LogP contribution in [0, 0.1) is 10.8 Å². The van der Waals surface area contributed by atoms with E-state index in [4.69, 9.17) is 0 Å². The monoisotopic (exact) mass is 358 g/mol. The van der Waals surface area contributed by atoms with Crippen molar-refractivity contribution in [3.63, 3.8) is 0 Å². The molecular formula is C17H22N6OS. The smallest absolute Gasteiger partial charge is 0.228 e. The van der Waals surface area contributed by atoms with Crippen LogP contribution < -0.4 is 4.90 Å². The Kier molecular flexibility index (Phi) is 3.38. The Balaban J connectivity index is 1.39. The van der Waals surface area contributed by atoms with E-state index in [2.05, 4.69) is 30.2 Å². The van der Waals surface area contributed by atoms with E-state index >= 15 is 0 Å². The summed E-state index contributed by atoms with van der Waals surface area (Å²) in [5, 5.41) is 16.2. The van der Waals surface area contributed by atoms with E-state index in [9.17, 15) is 4.79 Å². The normalized spacial score (nSPS) is 31.2. The molecule has 2 unspecified atom stereocenters. The molecule has 1 N–H and O–H groups in total. The minimum absolute atomic E-state index is 0.223. The molecule has 0 radical (unpaired) electrons. The third kappa shape index (κ3) is 2.30. The van der Waals surface area contributed by atoms with Crippen LogP contribution in [-0.2, 0) is 11.2 Å². The average Bonchev–Trinajstić information content (AvgIpc) is 3.35. The van der Waals surface area contributed by atoms with E-state index in [1.165, 1.54) is 25.7 Å². The van der Waals surface area contributed by atoms with Gasteiger partial charge in [-0.25, -0.2) is 0 Å². The molecule has 1 aliphatic carbocycles. The van der Waals surface area contributed by atoms with Gasteiger partial charge in [0.1, 0.15) is 5.51 Å². The Morgan fingerprint density at radius 3 is 2.56 bits per heavy atom. The lowest BCUT2D eigenvalue weighted by Crippen LogP contribution is -2.42. The van der Waals surface area contributed by atoms with Crippen LogP contribution in [0.15, 0.2) is 17.8 Å². The summed E-state index contributed by atoms with van der Waals surface area (Å²) in [6.45, 7) is 3.79. The Hall–Kier alpha value is -1.96. The molecule has 5 rings (SSSR count). The SMILES string of the molecule is O=C(Cc1ccn[nH]1)N1CC23CCCCC2(C1)CN(c1nncs1)C3. The predicted molar refractivity (Wildman–Crippen MR) is 94.3 cm³/mol. The van der Waals surface area contributed by atoms with Gasteiger partial charge in [0.2, 0.25) is 11.0 Å². The molecular weight excluding hydrogens is 336 g/mol. The molecule has 3 aliphatic rings. The molecule has 8 heteroatoms. The van der Waals surface area contributed by atoms with E-state index in [0.29, 0.717) is 6.42 Å². The molecule has 1 saturated carbocycles. The molecule has 4 heterocycles. The summed E-state index contributed by atoms with van der Waals surface area (Å²) in [6.07, 6.45) is 7.11. The van der Waals surface area contributed by atoms with E-state index in [1.807, 2.05) is 11.6 Å². The number of hydrogen-bond donors (Lipinski definition) is 1. The number of carbonyl (C=O) groups excluding carboxylic acids is 1. The second-order valence-electron chi connectivity index (χ2n) is 7.85. The van der Waals surface area contributed by atoms with Crippen molar-refractivity contribution >= 4 is 22.4 Å². The fourth-order valence-electron chi connectivity index (χ4n) is 5.39. The summed E-state index contributed by atoms with van der Waals surface area (Å²) in [5.74, 6) is 0.224. The lowest BCUT2D eigenvalue weighted by atomic mass is 9.60. The molecule has 0 bridgehead atoms. The summed E-state index contributed by atoms with van der Waals surface area (Å²) < 4.78 is 0. The first-order valence-electron chi connectivity index (χ1n) is 8.97. The zero-order chi connectivity index (χ0) is 16.9. The molecule has 132 valence electrons. The lowest BCUT2D eigenvalue weighted by Gasteiger charge is -2.41. The van der Waals surface area contributed by atoms with Gasteiger partial charge in [0, 0.05) is 48.9 Å². The van der Waals surface area contributed by atoms with Gasteiger partial charge in [-0.05, 0) is 18.9 Å². The average molecular weight is 358 g/mol. The number of rotatable bonds is 3. The van der Waals surface area contributed by atoms with Crippen LogP contribution in [0.2, 0.25) is 0 Å². The summed E-state index contributed by atoms with van der Waals surface area (Å²) >= 11 is 1.62. The van der Waals surface area contributed by atoms with Crippen molar-refractivity contribution in [2.75, 3.05) is 31.1 Å². The van der Waals surface area contributed by atoms with E-state index in [0.717, 1.165) is 37.0 Å².